The second-order valence-corrected chi connectivity index (χ2v) is 6.86. The highest BCUT2D eigenvalue weighted by Gasteiger charge is 2.48. The van der Waals surface area contributed by atoms with Crippen molar-refractivity contribution in [1.29, 1.82) is 0 Å². The van der Waals surface area contributed by atoms with Gasteiger partial charge in [-0.2, -0.15) is 0 Å². The van der Waals surface area contributed by atoms with E-state index in [1.54, 1.807) is 4.90 Å². The number of urea groups is 1. The molecule has 6 nitrogen and oxygen atoms in total. The third-order valence-electron chi connectivity index (χ3n) is 4.90. The SMILES string of the molecule is COCC(NC(=O)N1CCC2(C1)Oc1ccccc1O2)c1ccc(F)c(F)c1. The molecule has 2 aliphatic heterocycles. The average Bonchev–Trinajstić information content (AvgIpc) is 3.26. The summed E-state index contributed by atoms with van der Waals surface area (Å²) in [6, 6.07) is 9.91. The van der Waals surface area contributed by atoms with Crippen LogP contribution >= 0.6 is 0 Å². The Morgan fingerprint density at radius 1 is 1.21 bits per heavy atom. The first-order valence-electron chi connectivity index (χ1n) is 8.96. The fraction of sp³-hybridized carbons (Fsp3) is 0.350. The van der Waals surface area contributed by atoms with Crippen molar-refractivity contribution in [2.45, 2.75) is 18.2 Å². The van der Waals surface area contributed by atoms with E-state index in [2.05, 4.69) is 5.32 Å². The summed E-state index contributed by atoms with van der Waals surface area (Å²) in [6.45, 7) is 0.816. The molecule has 1 saturated heterocycles. The molecule has 2 aromatic rings. The van der Waals surface area contributed by atoms with Gasteiger partial charge in [0.05, 0.1) is 19.2 Å². The van der Waals surface area contributed by atoms with Gasteiger partial charge in [0.25, 0.3) is 5.79 Å². The number of ether oxygens (including phenoxy) is 3. The van der Waals surface area contributed by atoms with Crippen molar-refractivity contribution in [3.8, 4) is 11.5 Å². The van der Waals surface area contributed by atoms with E-state index in [0.29, 0.717) is 30.0 Å². The van der Waals surface area contributed by atoms with Gasteiger partial charge in [-0.3, -0.25) is 0 Å². The van der Waals surface area contributed by atoms with Crippen LogP contribution in [0.2, 0.25) is 0 Å². The first-order valence-corrected chi connectivity index (χ1v) is 8.96. The number of benzene rings is 2. The van der Waals surface area contributed by atoms with Gasteiger partial charge in [-0.05, 0) is 29.8 Å². The van der Waals surface area contributed by atoms with Gasteiger partial charge in [0, 0.05) is 20.1 Å². The van der Waals surface area contributed by atoms with Gasteiger partial charge in [-0.15, -0.1) is 0 Å². The molecule has 0 saturated carbocycles. The quantitative estimate of drug-likeness (QED) is 0.871. The van der Waals surface area contributed by atoms with Crippen LogP contribution in [0.15, 0.2) is 42.5 Å². The Labute approximate surface area is 161 Å². The van der Waals surface area contributed by atoms with E-state index < -0.39 is 23.5 Å². The fourth-order valence-electron chi connectivity index (χ4n) is 3.49. The first kappa shape index (κ1) is 18.5. The third kappa shape index (κ3) is 3.47. The number of carbonyl (C=O) groups is 1. The zero-order chi connectivity index (χ0) is 19.7. The third-order valence-corrected chi connectivity index (χ3v) is 4.90. The van der Waals surface area contributed by atoms with Gasteiger partial charge in [-0.25, -0.2) is 13.6 Å². The molecule has 0 aromatic heterocycles. The molecule has 2 aliphatic rings. The van der Waals surface area contributed by atoms with Crippen LogP contribution in [0.3, 0.4) is 0 Å². The molecule has 148 valence electrons. The van der Waals surface area contributed by atoms with E-state index in [4.69, 9.17) is 14.2 Å². The number of amides is 2. The maximum Gasteiger partial charge on any atom is 0.318 e. The Kier molecular flexibility index (Phi) is 4.80. The van der Waals surface area contributed by atoms with Gasteiger partial charge in [0.15, 0.2) is 23.1 Å². The number of nitrogens with zero attached hydrogens (tertiary/aromatic N) is 1. The van der Waals surface area contributed by atoms with Gasteiger partial charge in [0.2, 0.25) is 0 Å². The molecule has 0 radical (unpaired) electrons. The molecule has 0 bridgehead atoms. The molecular formula is C20H20F2N2O4. The minimum Gasteiger partial charge on any atom is -0.447 e. The minimum atomic E-state index is -0.974. The number of likely N-dealkylation sites (tertiary alicyclic amines) is 1. The van der Waals surface area contributed by atoms with Crippen molar-refractivity contribution < 1.29 is 27.8 Å². The van der Waals surface area contributed by atoms with Crippen molar-refractivity contribution in [1.82, 2.24) is 10.2 Å². The molecule has 2 aromatic carbocycles. The number of methoxy groups -OCH3 is 1. The summed E-state index contributed by atoms with van der Waals surface area (Å²) < 4.78 is 43.8. The van der Waals surface area contributed by atoms with Crippen molar-refractivity contribution >= 4 is 6.03 Å². The maximum atomic E-state index is 13.6. The van der Waals surface area contributed by atoms with Crippen LogP contribution in [0.1, 0.15) is 18.0 Å². The number of halogens is 2. The van der Waals surface area contributed by atoms with Gasteiger partial charge >= 0.3 is 6.03 Å². The van der Waals surface area contributed by atoms with Gasteiger partial charge in [-0.1, -0.05) is 18.2 Å². The summed E-state index contributed by atoms with van der Waals surface area (Å²) in [5.41, 5.74) is 0.420. The number of rotatable bonds is 4. The number of hydrogen-bond acceptors (Lipinski definition) is 4. The monoisotopic (exact) mass is 390 g/mol. The lowest BCUT2D eigenvalue weighted by molar-refractivity contribution is -0.0651. The highest BCUT2D eigenvalue weighted by Crippen LogP contribution is 2.42. The lowest BCUT2D eigenvalue weighted by Gasteiger charge is -2.25. The van der Waals surface area contributed by atoms with Crippen LogP contribution in [-0.4, -0.2) is 43.5 Å². The van der Waals surface area contributed by atoms with E-state index in [9.17, 15) is 13.6 Å². The molecule has 1 fully saturated rings. The van der Waals surface area contributed by atoms with Crippen LogP contribution in [-0.2, 0) is 4.74 Å². The number of carbonyl (C=O) groups excluding carboxylic acids is 1. The molecule has 1 N–H and O–H groups in total. The summed E-state index contributed by atoms with van der Waals surface area (Å²) >= 11 is 0. The van der Waals surface area contributed by atoms with E-state index in [0.717, 1.165) is 12.1 Å². The minimum absolute atomic E-state index is 0.119. The Hall–Kier alpha value is -2.87. The van der Waals surface area contributed by atoms with E-state index >= 15 is 0 Å². The Bertz CT molecular complexity index is 867. The largest absolute Gasteiger partial charge is 0.447 e. The normalized spacial score (nSPS) is 17.8. The second kappa shape index (κ2) is 7.27. The predicted octanol–water partition coefficient (Wildman–Crippen LogP) is 3.24. The number of fused-ring (bicyclic) bond motifs is 1. The summed E-state index contributed by atoms with van der Waals surface area (Å²) in [4.78, 5) is 14.3. The predicted molar refractivity (Wildman–Crippen MR) is 96.1 cm³/mol. The summed E-state index contributed by atoms with van der Waals surface area (Å²) in [7, 11) is 1.47. The summed E-state index contributed by atoms with van der Waals surface area (Å²) in [6.07, 6.45) is 0.523. The smallest absolute Gasteiger partial charge is 0.318 e. The van der Waals surface area contributed by atoms with Crippen LogP contribution < -0.4 is 14.8 Å². The van der Waals surface area contributed by atoms with Crippen molar-refractivity contribution in [3.63, 3.8) is 0 Å². The topological polar surface area (TPSA) is 60.0 Å². The summed E-state index contributed by atoms with van der Waals surface area (Å²) in [5.74, 6) is -1.49. The zero-order valence-electron chi connectivity index (χ0n) is 15.3. The first-order chi connectivity index (χ1) is 13.5. The van der Waals surface area contributed by atoms with Gasteiger partial charge < -0.3 is 24.4 Å². The van der Waals surface area contributed by atoms with E-state index in [1.165, 1.54) is 13.2 Å². The molecule has 4 rings (SSSR count). The summed E-state index contributed by atoms with van der Waals surface area (Å²) in [5, 5.41) is 2.81. The maximum absolute atomic E-state index is 13.6. The molecule has 1 unspecified atom stereocenters. The number of nitrogens with one attached hydrogen (secondary N) is 1. The van der Waals surface area contributed by atoms with Crippen molar-refractivity contribution in [3.05, 3.63) is 59.7 Å². The second-order valence-electron chi connectivity index (χ2n) is 6.86. The van der Waals surface area contributed by atoms with E-state index in [1.807, 2.05) is 24.3 Å². The Morgan fingerprint density at radius 3 is 2.57 bits per heavy atom. The molecule has 1 spiro atoms. The highest BCUT2D eigenvalue weighted by molar-refractivity contribution is 5.75. The number of para-hydroxylation sites is 2. The highest BCUT2D eigenvalue weighted by atomic mass is 19.2. The van der Waals surface area contributed by atoms with Crippen molar-refractivity contribution in [2.75, 3.05) is 26.8 Å². The molecule has 0 aliphatic carbocycles. The molecule has 8 heteroatoms. The lowest BCUT2D eigenvalue weighted by Crippen LogP contribution is -2.46. The Balaban J connectivity index is 1.43. The van der Waals surface area contributed by atoms with Crippen molar-refractivity contribution in [2.24, 2.45) is 0 Å². The molecule has 2 amide bonds. The molecule has 1 atom stereocenters. The lowest BCUT2D eigenvalue weighted by atomic mass is 10.1. The van der Waals surface area contributed by atoms with Gasteiger partial charge in [0.1, 0.15) is 0 Å². The molecule has 2 heterocycles. The van der Waals surface area contributed by atoms with Crippen LogP contribution in [0.5, 0.6) is 11.5 Å². The standard InChI is InChI=1S/C20H20F2N2O4/c1-26-11-16(13-6-7-14(21)15(22)10-13)23-19(25)24-9-8-20(12-24)27-17-4-2-3-5-18(17)28-20/h2-7,10,16H,8-9,11-12H2,1H3,(H,23,25). The average molecular weight is 390 g/mol. The van der Waals surface area contributed by atoms with Crippen LogP contribution in [0, 0.1) is 11.6 Å². The molecule has 28 heavy (non-hydrogen) atoms. The van der Waals surface area contributed by atoms with Crippen LogP contribution in [0.4, 0.5) is 13.6 Å². The zero-order valence-corrected chi connectivity index (χ0v) is 15.3. The molecular weight excluding hydrogens is 370 g/mol. The van der Waals surface area contributed by atoms with E-state index in [-0.39, 0.29) is 19.2 Å². The Morgan fingerprint density at radius 2 is 1.93 bits per heavy atom. The van der Waals surface area contributed by atoms with Crippen LogP contribution in [0.25, 0.3) is 0 Å². The fourth-order valence-corrected chi connectivity index (χ4v) is 3.49. The number of hydrogen-bond donors (Lipinski definition) is 1.